The van der Waals surface area contributed by atoms with Crippen molar-refractivity contribution in [3.63, 3.8) is 0 Å². The molecule has 0 saturated heterocycles. The Labute approximate surface area is 179 Å². The minimum atomic E-state index is -1.30. The summed E-state index contributed by atoms with van der Waals surface area (Å²) in [7, 11) is 1.75. The number of anilines is 1. The van der Waals surface area contributed by atoms with Gasteiger partial charge in [-0.05, 0) is 38.3 Å². The first-order chi connectivity index (χ1) is 14.1. The number of nitrogens with two attached hydrogens (primary N) is 1. The number of aliphatic hydroxyl groups is 1. The Morgan fingerprint density at radius 3 is 2.73 bits per heavy atom. The Morgan fingerprint density at radius 1 is 1.40 bits per heavy atom. The molecule has 1 aliphatic rings. The number of fused-ring (bicyclic) bond motifs is 1. The molecule has 3 aromatic rings. The van der Waals surface area contributed by atoms with E-state index in [2.05, 4.69) is 32.3 Å². The maximum atomic E-state index is 10.4. The Kier molecular flexibility index (Phi) is 5.19. The fraction of sp³-hybridized carbons (Fsp3) is 0.632. The van der Waals surface area contributed by atoms with E-state index in [0.29, 0.717) is 39.8 Å². The normalized spacial score (nSPS) is 24.8. The molecule has 30 heavy (non-hydrogen) atoms. The molecule has 10 nitrogen and oxygen atoms in total. The first-order valence-corrected chi connectivity index (χ1v) is 10.4. The molecular formula is C19H27ClN8O2. The Hall–Kier alpha value is -2.30. The highest BCUT2D eigenvalue weighted by molar-refractivity contribution is 6.31. The van der Waals surface area contributed by atoms with E-state index >= 15 is 0 Å². The molecule has 11 heteroatoms. The van der Waals surface area contributed by atoms with Crippen LogP contribution in [-0.2, 0) is 11.8 Å². The lowest BCUT2D eigenvalue weighted by Crippen LogP contribution is -2.34. The quantitative estimate of drug-likeness (QED) is 0.462. The SMILES string of the molecule is CC[C@@H]1C(n2cnc3c(N)c(C)c(Cl)nc32)[C@H](OC(C)(C)O)C[C@H]1c1nnn(C)n1. The van der Waals surface area contributed by atoms with Crippen LogP contribution in [0.1, 0.15) is 57.0 Å². The standard InChI is InChI=1S/C19H27ClN8O2/c1-6-10-11(17-24-26-27(5)25-17)7-12(30-19(3,4)29)15(10)28-8-22-14-13(21)9(2)16(20)23-18(14)28/h8,10-12,15,29H,6-7H2,1-5H3,(H2,21,23)/t10-,11+,12+,15?/m0/s1. The molecule has 162 valence electrons. The van der Waals surface area contributed by atoms with E-state index in [4.69, 9.17) is 22.1 Å². The van der Waals surface area contributed by atoms with E-state index in [1.54, 1.807) is 27.2 Å². The number of imidazole rings is 1. The number of tetrazole rings is 1. The van der Waals surface area contributed by atoms with Crippen molar-refractivity contribution in [2.75, 3.05) is 5.73 Å². The van der Waals surface area contributed by atoms with Gasteiger partial charge in [0.25, 0.3) is 0 Å². The molecule has 1 unspecified atom stereocenters. The minimum absolute atomic E-state index is 0.0109. The first kappa shape index (κ1) is 21.0. The van der Waals surface area contributed by atoms with Gasteiger partial charge < -0.3 is 20.1 Å². The Balaban J connectivity index is 1.84. The van der Waals surface area contributed by atoms with Crippen molar-refractivity contribution in [1.29, 1.82) is 0 Å². The van der Waals surface area contributed by atoms with Crippen LogP contribution in [0, 0.1) is 12.8 Å². The second kappa shape index (κ2) is 7.44. The minimum Gasteiger partial charge on any atom is -0.397 e. The van der Waals surface area contributed by atoms with Crippen molar-refractivity contribution in [1.82, 2.24) is 34.7 Å². The number of hydrogen-bond acceptors (Lipinski definition) is 8. The van der Waals surface area contributed by atoms with E-state index in [1.807, 2.05) is 11.5 Å². The Bertz CT molecular complexity index is 1070. The molecule has 3 N–H and O–H groups in total. The third kappa shape index (κ3) is 3.52. The number of hydrogen-bond donors (Lipinski definition) is 2. The van der Waals surface area contributed by atoms with Crippen LogP contribution in [0.3, 0.4) is 0 Å². The van der Waals surface area contributed by atoms with Crippen LogP contribution in [-0.4, -0.2) is 51.7 Å². The molecule has 4 atom stereocenters. The van der Waals surface area contributed by atoms with Gasteiger partial charge in [-0.25, -0.2) is 9.97 Å². The topological polar surface area (TPSA) is 130 Å². The predicted molar refractivity (Wildman–Crippen MR) is 112 cm³/mol. The third-order valence-electron chi connectivity index (χ3n) is 5.85. The van der Waals surface area contributed by atoms with E-state index in [-0.39, 0.29) is 24.0 Å². The maximum absolute atomic E-state index is 10.4. The number of aryl methyl sites for hydroxylation is 1. The van der Waals surface area contributed by atoms with Crippen LogP contribution in [0.4, 0.5) is 5.69 Å². The largest absolute Gasteiger partial charge is 0.397 e. The average Bonchev–Trinajstić information content (AvgIpc) is 3.35. The van der Waals surface area contributed by atoms with E-state index in [0.717, 1.165) is 6.42 Å². The lowest BCUT2D eigenvalue weighted by atomic mass is 9.90. The highest BCUT2D eigenvalue weighted by Gasteiger charge is 2.48. The molecule has 3 aromatic heterocycles. The molecular weight excluding hydrogens is 408 g/mol. The van der Waals surface area contributed by atoms with Gasteiger partial charge in [-0.3, -0.25) is 0 Å². The zero-order chi connectivity index (χ0) is 21.8. The molecule has 1 saturated carbocycles. The summed E-state index contributed by atoms with van der Waals surface area (Å²) in [5.41, 5.74) is 8.68. The summed E-state index contributed by atoms with van der Waals surface area (Å²) < 4.78 is 8.06. The average molecular weight is 435 g/mol. The summed E-state index contributed by atoms with van der Waals surface area (Å²) in [4.78, 5) is 10.5. The summed E-state index contributed by atoms with van der Waals surface area (Å²) >= 11 is 6.33. The number of ether oxygens (including phenoxy) is 1. The van der Waals surface area contributed by atoms with Crippen LogP contribution in [0.25, 0.3) is 11.2 Å². The number of rotatable bonds is 5. The highest BCUT2D eigenvalue weighted by Crippen LogP contribution is 2.50. The Morgan fingerprint density at radius 2 is 2.13 bits per heavy atom. The zero-order valence-corrected chi connectivity index (χ0v) is 18.5. The third-order valence-corrected chi connectivity index (χ3v) is 6.22. The van der Waals surface area contributed by atoms with Gasteiger partial charge in [0.1, 0.15) is 10.7 Å². The highest BCUT2D eigenvalue weighted by atomic mass is 35.5. The summed E-state index contributed by atoms with van der Waals surface area (Å²) in [5, 5.41) is 23.4. The van der Waals surface area contributed by atoms with Gasteiger partial charge >= 0.3 is 0 Å². The predicted octanol–water partition coefficient (Wildman–Crippen LogP) is 2.37. The number of aromatic nitrogens is 7. The molecule has 0 amide bonds. The number of nitrogen functional groups attached to an aromatic ring is 1. The molecule has 0 spiro atoms. The molecule has 0 aliphatic heterocycles. The van der Waals surface area contributed by atoms with Crippen LogP contribution in [0.15, 0.2) is 6.33 Å². The maximum Gasteiger partial charge on any atom is 0.178 e. The molecule has 0 bridgehead atoms. The van der Waals surface area contributed by atoms with Gasteiger partial charge in [-0.1, -0.05) is 24.9 Å². The lowest BCUT2D eigenvalue weighted by molar-refractivity contribution is -0.211. The van der Waals surface area contributed by atoms with Crippen molar-refractivity contribution >= 4 is 28.5 Å². The van der Waals surface area contributed by atoms with Crippen molar-refractivity contribution < 1.29 is 9.84 Å². The molecule has 1 fully saturated rings. The fourth-order valence-electron chi connectivity index (χ4n) is 4.56. The molecule has 0 aromatic carbocycles. The van der Waals surface area contributed by atoms with Crippen molar-refractivity contribution in [2.24, 2.45) is 13.0 Å². The van der Waals surface area contributed by atoms with Crippen molar-refractivity contribution in [3.05, 3.63) is 22.9 Å². The molecule has 4 rings (SSSR count). The molecule has 0 radical (unpaired) electrons. The van der Waals surface area contributed by atoms with Gasteiger partial charge in [0.15, 0.2) is 17.3 Å². The zero-order valence-electron chi connectivity index (χ0n) is 17.7. The van der Waals surface area contributed by atoms with Crippen molar-refractivity contribution in [2.45, 2.75) is 64.4 Å². The van der Waals surface area contributed by atoms with Crippen LogP contribution < -0.4 is 5.73 Å². The summed E-state index contributed by atoms with van der Waals surface area (Å²) in [6.45, 7) is 7.19. The molecule has 3 heterocycles. The van der Waals surface area contributed by atoms with Crippen molar-refractivity contribution in [3.8, 4) is 0 Å². The van der Waals surface area contributed by atoms with Gasteiger partial charge in [0.05, 0.1) is 31.2 Å². The van der Waals surface area contributed by atoms with Crippen LogP contribution in [0.5, 0.6) is 0 Å². The number of nitrogens with zero attached hydrogens (tertiary/aromatic N) is 7. The second-order valence-electron chi connectivity index (χ2n) is 8.41. The summed E-state index contributed by atoms with van der Waals surface area (Å²) in [6.07, 6.45) is 2.88. The lowest BCUT2D eigenvalue weighted by Gasteiger charge is -2.31. The first-order valence-electron chi connectivity index (χ1n) is 10.0. The van der Waals surface area contributed by atoms with Gasteiger partial charge in [0.2, 0.25) is 0 Å². The van der Waals surface area contributed by atoms with E-state index in [9.17, 15) is 5.11 Å². The van der Waals surface area contributed by atoms with E-state index < -0.39 is 5.79 Å². The smallest absolute Gasteiger partial charge is 0.178 e. The van der Waals surface area contributed by atoms with Gasteiger partial charge in [-0.15, -0.1) is 10.2 Å². The van der Waals surface area contributed by atoms with Gasteiger partial charge in [-0.2, -0.15) is 4.80 Å². The second-order valence-corrected chi connectivity index (χ2v) is 8.77. The number of pyridine rings is 1. The van der Waals surface area contributed by atoms with Crippen LogP contribution >= 0.6 is 11.6 Å². The van der Waals surface area contributed by atoms with E-state index in [1.165, 1.54) is 4.80 Å². The summed E-state index contributed by atoms with van der Waals surface area (Å²) in [5.74, 6) is -0.510. The number of halogens is 1. The molecule has 1 aliphatic carbocycles. The monoisotopic (exact) mass is 434 g/mol. The summed E-state index contributed by atoms with van der Waals surface area (Å²) in [6, 6.07) is -0.161. The van der Waals surface area contributed by atoms with Gasteiger partial charge in [0, 0.05) is 11.5 Å². The fourth-order valence-corrected chi connectivity index (χ4v) is 4.74. The van der Waals surface area contributed by atoms with Crippen LogP contribution in [0.2, 0.25) is 5.15 Å².